The Hall–Kier alpha value is -0.340. The lowest BCUT2D eigenvalue weighted by molar-refractivity contribution is 0.448. The van der Waals surface area contributed by atoms with Crippen LogP contribution in [0.25, 0.3) is 0 Å². The van der Waals surface area contributed by atoms with E-state index in [1.807, 2.05) is 11.3 Å². The Morgan fingerprint density at radius 3 is 3.06 bits per heavy atom. The minimum Gasteiger partial charge on any atom is -0.313 e. The van der Waals surface area contributed by atoms with Crippen LogP contribution < -0.4 is 5.32 Å². The summed E-state index contributed by atoms with van der Waals surface area (Å²) in [6.45, 7) is 6.77. The highest BCUT2D eigenvalue weighted by atomic mass is 32.1. The van der Waals surface area contributed by atoms with Gasteiger partial charge in [0.2, 0.25) is 0 Å². The molecule has 1 unspecified atom stereocenters. The molecule has 0 saturated heterocycles. The summed E-state index contributed by atoms with van der Waals surface area (Å²) in [5.74, 6) is 0.947. The fourth-order valence-corrected chi connectivity index (χ4v) is 3.76. The zero-order chi connectivity index (χ0) is 11.4. The van der Waals surface area contributed by atoms with Gasteiger partial charge in [0.15, 0.2) is 0 Å². The molecule has 1 aliphatic rings. The number of rotatable bonds is 5. The van der Waals surface area contributed by atoms with Crippen molar-refractivity contribution in [3.63, 3.8) is 0 Å². The molecule has 0 bridgehead atoms. The number of hydrogen-bond donors (Lipinski definition) is 1. The highest BCUT2D eigenvalue weighted by Gasteiger charge is 2.20. The van der Waals surface area contributed by atoms with Crippen molar-refractivity contribution in [2.24, 2.45) is 5.92 Å². The third-order valence-corrected chi connectivity index (χ3v) is 4.76. The van der Waals surface area contributed by atoms with Crippen molar-refractivity contribution >= 4 is 11.3 Å². The van der Waals surface area contributed by atoms with Crippen molar-refractivity contribution in [2.45, 2.75) is 52.5 Å². The van der Waals surface area contributed by atoms with Crippen LogP contribution >= 0.6 is 11.3 Å². The zero-order valence-electron chi connectivity index (χ0n) is 10.5. The van der Waals surface area contributed by atoms with Gasteiger partial charge in [0, 0.05) is 11.4 Å². The average molecular weight is 237 g/mol. The Labute approximate surface area is 103 Å². The molecule has 1 N–H and O–H groups in total. The van der Waals surface area contributed by atoms with Crippen LogP contribution in [0.2, 0.25) is 0 Å². The van der Waals surface area contributed by atoms with Crippen LogP contribution in [0.3, 0.4) is 0 Å². The van der Waals surface area contributed by atoms with Crippen LogP contribution in [-0.4, -0.2) is 6.54 Å². The molecule has 0 aromatic carbocycles. The predicted molar refractivity (Wildman–Crippen MR) is 72.1 cm³/mol. The smallest absolute Gasteiger partial charge is 0.0216 e. The van der Waals surface area contributed by atoms with Gasteiger partial charge in [0.1, 0.15) is 0 Å². The fraction of sp³-hybridized carbons (Fsp3) is 0.714. The van der Waals surface area contributed by atoms with E-state index in [-0.39, 0.29) is 0 Å². The van der Waals surface area contributed by atoms with Gasteiger partial charge in [-0.05, 0) is 54.7 Å². The second-order valence-electron chi connectivity index (χ2n) is 4.86. The lowest BCUT2D eigenvalue weighted by Crippen LogP contribution is -2.17. The second-order valence-corrected chi connectivity index (χ2v) is 5.82. The maximum Gasteiger partial charge on any atom is 0.0216 e. The van der Waals surface area contributed by atoms with Crippen molar-refractivity contribution in [3.8, 4) is 0 Å². The largest absolute Gasteiger partial charge is 0.313 e. The molecule has 0 aliphatic heterocycles. The van der Waals surface area contributed by atoms with Crippen LogP contribution in [0.5, 0.6) is 0 Å². The van der Waals surface area contributed by atoms with E-state index in [1.54, 1.807) is 16.0 Å². The second kappa shape index (κ2) is 5.83. The Bertz CT molecular complexity index is 329. The summed E-state index contributed by atoms with van der Waals surface area (Å²) in [4.78, 5) is 1.67. The first-order chi connectivity index (χ1) is 7.85. The molecule has 1 aromatic rings. The third kappa shape index (κ3) is 2.67. The molecule has 1 aromatic heterocycles. The molecule has 1 nitrogen and oxygen atoms in total. The van der Waals surface area contributed by atoms with E-state index in [0.717, 1.165) is 19.0 Å². The van der Waals surface area contributed by atoms with E-state index in [1.165, 1.54) is 32.1 Å². The van der Waals surface area contributed by atoms with Crippen molar-refractivity contribution in [3.05, 3.63) is 21.4 Å². The van der Waals surface area contributed by atoms with Crippen LogP contribution in [0.4, 0.5) is 0 Å². The average Bonchev–Trinajstić information content (AvgIpc) is 2.72. The molecular formula is C14H23NS. The standard InChI is InChI=1S/C14H23NS/c1-3-7-15-9-12-10-16-14-8-11(4-2)5-6-13(12)14/h10-11,15H,3-9H2,1-2H3. The van der Waals surface area contributed by atoms with Gasteiger partial charge in [-0.25, -0.2) is 0 Å². The Morgan fingerprint density at radius 2 is 2.31 bits per heavy atom. The number of nitrogens with one attached hydrogen (secondary N) is 1. The summed E-state index contributed by atoms with van der Waals surface area (Å²) in [7, 11) is 0. The minimum absolute atomic E-state index is 0.947. The van der Waals surface area contributed by atoms with E-state index in [9.17, 15) is 0 Å². The van der Waals surface area contributed by atoms with Crippen molar-refractivity contribution < 1.29 is 0 Å². The van der Waals surface area contributed by atoms with Crippen LogP contribution in [-0.2, 0) is 19.4 Å². The predicted octanol–water partition coefficient (Wildman–Crippen LogP) is 3.76. The first-order valence-corrected chi connectivity index (χ1v) is 7.51. The molecule has 1 atom stereocenters. The Kier molecular flexibility index (Phi) is 4.42. The molecule has 1 aliphatic carbocycles. The Balaban J connectivity index is 1.99. The summed E-state index contributed by atoms with van der Waals surface area (Å²) < 4.78 is 0. The van der Waals surface area contributed by atoms with Crippen molar-refractivity contribution in [1.29, 1.82) is 0 Å². The maximum atomic E-state index is 3.52. The van der Waals surface area contributed by atoms with E-state index < -0.39 is 0 Å². The molecule has 2 heteroatoms. The first-order valence-electron chi connectivity index (χ1n) is 6.64. The molecule has 16 heavy (non-hydrogen) atoms. The quantitative estimate of drug-likeness (QED) is 0.769. The van der Waals surface area contributed by atoms with Gasteiger partial charge in [0.25, 0.3) is 0 Å². The lowest BCUT2D eigenvalue weighted by atomic mass is 9.86. The first kappa shape index (κ1) is 12.1. The fourth-order valence-electron chi connectivity index (χ4n) is 2.54. The number of fused-ring (bicyclic) bond motifs is 1. The highest BCUT2D eigenvalue weighted by Crippen LogP contribution is 2.34. The van der Waals surface area contributed by atoms with Crippen LogP contribution in [0, 0.1) is 5.92 Å². The summed E-state index contributed by atoms with van der Waals surface area (Å²) in [6.07, 6.45) is 6.64. The molecule has 0 fully saturated rings. The Morgan fingerprint density at radius 1 is 1.44 bits per heavy atom. The number of thiophene rings is 1. The summed E-state index contributed by atoms with van der Waals surface area (Å²) >= 11 is 1.99. The van der Waals surface area contributed by atoms with Gasteiger partial charge in [-0.15, -0.1) is 11.3 Å². The van der Waals surface area contributed by atoms with Crippen LogP contribution in [0.1, 0.15) is 49.1 Å². The minimum atomic E-state index is 0.947. The van der Waals surface area contributed by atoms with E-state index in [2.05, 4.69) is 24.5 Å². The van der Waals surface area contributed by atoms with Crippen molar-refractivity contribution in [1.82, 2.24) is 5.32 Å². The lowest BCUT2D eigenvalue weighted by Gasteiger charge is -2.21. The molecule has 90 valence electrons. The van der Waals surface area contributed by atoms with Gasteiger partial charge >= 0.3 is 0 Å². The topological polar surface area (TPSA) is 12.0 Å². The van der Waals surface area contributed by atoms with Gasteiger partial charge in [-0.3, -0.25) is 0 Å². The summed E-state index contributed by atoms with van der Waals surface area (Å²) in [5.41, 5.74) is 3.25. The normalized spacial score (nSPS) is 19.8. The van der Waals surface area contributed by atoms with Gasteiger partial charge in [-0.1, -0.05) is 20.3 Å². The number of hydrogen-bond acceptors (Lipinski definition) is 2. The molecular weight excluding hydrogens is 214 g/mol. The van der Waals surface area contributed by atoms with E-state index in [4.69, 9.17) is 0 Å². The third-order valence-electron chi connectivity index (χ3n) is 3.66. The monoisotopic (exact) mass is 237 g/mol. The van der Waals surface area contributed by atoms with E-state index in [0.29, 0.717) is 0 Å². The molecule has 2 rings (SSSR count). The van der Waals surface area contributed by atoms with Gasteiger partial charge in [0.05, 0.1) is 0 Å². The van der Waals surface area contributed by atoms with Crippen LogP contribution in [0.15, 0.2) is 5.38 Å². The highest BCUT2D eigenvalue weighted by molar-refractivity contribution is 7.10. The van der Waals surface area contributed by atoms with E-state index >= 15 is 0 Å². The molecule has 0 saturated carbocycles. The summed E-state index contributed by atoms with van der Waals surface area (Å²) in [6, 6.07) is 0. The molecule has 0 amide bonds. The van der Waals surface area contributed by atoms with Gasteiger partial charge < -0.3 is 5.32 Å². The van der Waals surface area contributed by atoms with Gasteiger partial charge in [-0.2, -0.15) is 0 Å². The summed E-state index contributed by atoms with van der Waals surface area (Å²) in [5, 5.41) is 5.90. The molecule has 0 radical (unpaired) electrons. The SMILES string of the molecule is CCCNCc1csc2c1CCC(CC)C2. The molecule has 1 heterocycles. The zero-order valence-corrected chi connectivity index (χ0v) is 11.3. The molecule has 0 spiro atoms. The maximum absolute atomic E-state index is 3.52. The van der Waals surface area contributed by atoms with Crippen molar-refractivity contribution in [2.75, 3.05) is 6.54 Å².